The number of benzene rings is 1. The number of thiophene rings is 1. The first-order chi connectivity index (χ1) is 12.2. The molecule has 0 spiro atoms. The van der Waals surface area contributed by atoms with Crippen LogP contribution in [0.4, 0.5) is 10.1 Å². The molecule has 0 bridgehead atoms. The van der Waals surface area contributed by atoms with Gasteiger partial charge in [-0.3, -0.25) is 4.79 Å². The second-order valence-electron chi connectivity index (χ2n) is 5.24. The van der Waals surface area contributed by atoms with Crippen LogP contribution in [0.15, 0.2) is 40.2 Å². The minimum Gasteiger partial charge on any atom is -0.494 e. The highest BCUT2D eigenvalue weighted by molar-refractivity contribution is 7.13. The molecule has 1 N–H and O–H groups in total. The summed E-state index contributed by atoms with van der Waals surface area (Å²) in [6.07, 6.45) is 1.32. The van der Waals surface area contributed by atoms with Crippen LogP contribution >= 0.6 is 11.3 Å². The molecule has 0 radical (unpaired) electrons. The number of methoxy groups -OCH3 is 1. The monoisotopic (exact) mass is 361 g/mol. The van der Waals surface area contributed by atoms with Crippen LogP contribution in [0.25, 0.3) is 10.7 Å². The Morgan fingerprint density at radius 2 is 2.28 bits per heavy atom. The number of aryl methyl sites for hydroxylation is 1. The molecule has 8 heteroatoms. The zero-order chi connectivity index (χ0) is 17.6. The van der Waals surface area contributed by atoms with Crippen LogP contribution in [0, 0.1) is 5.82 Å². The third kappa shape index (κ3) is 4.42. The molecule has 1 aromatic carbocycles. The van der Waals surface area contributed by atoms with E-state index in [2.05, 4.69) is 15.5 Å². The van der Waals surface area contributed by atoms with E-state index in [1.807, 2.05) is 17.5 Å². The number of hydrogen-bond donors (Lipinski definition) is 1. The Labute approximate surface area is 147 Å². The molecule has 0 fully saturated rings. The van der Waals surface area contributed by atoms with Gasteiger partial charge in [0.25, 0.3) is 0 Å². The number of ether oxygens (including phenoxy) is 1. The molecule has 1 amide bonds. The fourth-order valence-corrected chi connectivity index (χ4v) is 2.88. The molecule has 0 aliphatic heterocycles. The van der Waals surface area contributed by atoms with Crippen molar-refractivity contribution in [1.29, 1.82) is 0 Å². The fraction of sp³-hybridized carbons (Fsp3) is 0.235. The Morgan fingerprint density at radius 3 is 3.00 bits per heavy atom. The number of nitrogens with zero attached hydrogens (tertiary/aromatic N) is 2. The number of hydrogen-bond acceptors (Lipinski definition) is 6. The number of rotatable bonds is 7. The van der Waals surface area contributed by atoms with E-state index in [9.17, 15) is 9.18 Å². The maximum atomic E-state index is 13.6. The van der Waals surface area contributed by atoms with Gasteiger partial charge >= 0.3 is 0 Å². The lowest BCUT2D eigenvalue weighted by Gasteiger charge is -2.07. The molecule has 0 unspecified atom stereocenters. The van der Waals surface area contributed by atoms with Gasteiger partial charge in [-0.2, -0.15) is 4.98 Å². The summed E-state index contributed by atoms with van der Waals surface area (Å²) >= 11 is 1.53. The molecule has 25 heavy (non-hydrogen) atoms. The lowest BCUT2D eigenvalue weighted by atomic mass is 10.2. The van der Waals surface area contributed by atoms with Crippen molar-refractivity contribution in [3.63, 3.8) is 0 Å². The van der Waals surface area contributed by atoms with Crippen LogP contribution < -0.4 is 10.1 Å². The van der Waals surface area contributed by atoms with Gasteiger partial charge in [-0.1, -0.05) is 11.2 Å². The summed E-state index contributed by atoms with van der Waals surface area (Å²) in [5, 5.41) is 8.51. The first-order valence-corrected chi connectivity index (χ1v) is 8.53. The van der Waals surface area contributed by atoms with Crippen LogP contribution in [0.2, 0.25) is 0 Å². The fourth-order valence-electron chi connectivity index (χ4n) is 2.23. The Kier molecular flexibility index (Phi) is 5.39. The number of amides is 1. The van der Waals surface area contributed by atoms with E-state index < -0.39 is 5.82 Å². The van der Waals surface area contributed by atoms with Crippen molar-refractivity contribution in [3.8, 4) is 16.5 Å². The number of carbonyl (C=O) groups is 1. The first kappa shape index (κ1) is 17.1. The van der Waals surface area contributed by atoms with Gasteiger partial charge in [0.15, 0.2) is 11.6 Å². The van der Waals surface area contributed by atoms with E-state index in [1.165, 1.54) is 30.6 Å². The van der Waals surface area contributed by atoms with E-state index in [4.69, 9.17) is 9.26 Å². The third-order valence-electron chi connectivity index (χ3n) is 3.44. The number of aromatic nitrogens is 2. The Hall–Kier alpha value is -2.74. The molecule has 0 aliphatic rings. The SMILES string of the molecule is COc1ccc(NC(=O)CCCc2nc(-c3cccs3)no2)cc1F. The topological polar surface area (TPSA) is 77.2 Å². The van der Waals surface area contributed by atoms with Gasteiger partial charge in [0.05, 0.1) is 12.0 Å². The Bertz CT molecular complexity index is 849. The van der Waals surface area contributed by atoms with Gasteiger partial charge in [-0.05, 0) is 30.0 Å². The summed E-state index contributed by atoms with van der Waals surface area (Å²) in [6.45, 7) is 0. The van der Waals surface area contributed by atoms with Crippen molar-refractivity contribution < 1.29 is 18.4 Å². The minimum absolute atomic E-state index is 0.135. The molecule has 2 heterocycles. The van der Waals surface area contributed by atoms with Crippen LogP contribution in [-0.4, -0.2) is 23.2 Å². The zero-order valence-electron chi connectivity index (χ0n) is 13.5. The number of carbonyl (C=O) groups excluding carboxylic acids is 1. The van der Waals surface area contributed by atoms with Crippen molar-refractivity contribution in [1.82, 2.24) is 10.1 Å². The van der Waals surface area contributed by atoms with Gasteiger partial charge in [-0.15, -0.1) is 11.3 Å². The molecular weight excluding hydrogens is 345 g/mol. The zero-order valence-corrected chi connectivity index (χ0v) is 14.3. The standard InChI is InChI=1S/C17H16FN3O3S/c1-23-13-8-7-11(10-12(13)18)19-15(22)5-2-6-16-20-17(21-24-16)14-4-3-9-25-14/h3-4,7-10H,2,5-6H2,1H3,(H,19,22). The summed E-state index contributed by atoms with van der Waals surface area (Å²) in [7, 11) is 1.39. The highest BCUT2D eigenvalue weighted by Gasteiger charge is 2.11. The number of nitrogens with one attached hydrogen (secondary N) is 1. The van der Waals surface area contributed by atoms with E-state index in [0.717, 1.165) is 4.88 Å². The van der Waals surface area contributed by atoms with Crippen molar-refractivity contribution in [2.45, 2.75) is 19.3 Å². The summed E-state index contributed by atoms with van der Waals surface area (Å²) < 4.78 is 23.6. The molecule has 6 nitrogen and oxygen atoms in total. The largest absolute Gasteiger partial charge is 0.494 e. The average molecular weight is 361 g/mol. The van der Waals surface area contributed by atoms with Crippen molar-refractivity contribution in [2.24, 2.45) is 0 Å². The van der Waals surface area contributed by atoms with Crippen LogP contribution in [-0.2, 0) is 11.2 Å². The minimum atomic E-state index is -0.521. The molecule has 3 rings (SSSR count). The second kappa shape index (κ2) is 7.89. The molecule has 0 saturated carbocycles. The van der Waals surface area contributed by atoms with Crippen molar-refractivity contribution >= 4 is 22.9 Å². The highest BCUT2D eigenvalue weighted by Crippen LogP contribution is 2.22. The predicted molar refractivity (Wildman–Crippen MR) is 92.1 cm³/mol. The van der Waals surface area contributed by atoms with Crippen LogP contribution in [0.1, 0.15) is 18.7 Å². The quantitative estimate of drug-likeness (QED) is 0.690. The molecule has 2 aromatic heterocycles. The Morgan fingerprint density at radius 1 is 1.40 bits per heavy atom. The normalized spacial score (nSPS) is 10.6. The third-order valence-corrected chi connectivity index (χ3v) is 4.31. The summed E-state index contributed by atoms with van der Waals surface area (Å²) in [6, 6.07) is 8.12. The molecule has 130 valence electrons. The first-order valence-electron chi connectivity index (χ1n) is 7.65. The smallest absolute Gasteiger partial charge is 0.226 e. The lowest BCUT2D eigenvalue weighted by Crippen LogP contribution is -2.11. The van der Waals surface area contributed by atoms with Gasteiger partial charge in [-0.25, -0.2) is 4.39 Å². The molecule has 0 atom stereocenters. The maximum Gasteiger partial charge on any atom is 0.226 e. The van der Waals surface area contributed by atoms with E-state index in [0.29, 0.717) is 30.2 Å². The van der Waals surface area contributed by atoms with Crippen LogP contribution in [0.3, 0.4) is 0 Å². The number of halogens is 1. The summed E-state index contributed by atoms with van der Waals surface area (Å²) in [5.74, 6) is 0.459. The summed E-state index contributed by atoms with van der Waals surface area (Å²) in [4.78, 5) is 17.2. The van der Waals surface area contributed by atoms with E-state index >= 15 is 0 Å². The van der Waals surface area contributed by atoms with Gasteiger partial charge in [0.1, 0.15) is 0 Å². The highest BCUT2D eigenvalue weighted by atomic mass is 32.1. The molecular formula is C17H16FN3O3S. The second-order valence-corrected chi connectivity index (χ2v) is 6.19. The Balaban J connectivity index is 1.47. The maximum absolute atomic E-state index is 13.6. The molecule has 3 aromatic rings. The van der Waals surface area contributed by atoms with Gasteiger partial charge in [0, 0.05) is 24.6 Å². The van der Waals surface area contributed by atoms with Crippen molar-refractivity contribution in [3.05, 3.63) is 47.4 Å². The lowest BCUT2D eigenvalue weighted by molar-refractivity contribution is -0.116. The average Bonchev–Trinajstić information content (AvgIpc) is 3.26. The molecule has 0 aliphatic carbocycles. The van der Waals surface area contributed by atoms with Gasteiger partial charge in [0.2, 0.25) is 17.6 Å². The van der Waals surface area contributed by atoms with Crippen molar-refractivity contribution in [2.75, 3.05) is 12.4 Å². The predicted octanol–water partition coefficient (Wildman–Crippen LogP) is 3.91. The van der Waals surface area contributed by atoms with E-state index in [1.54, 1.807) is 6.07 Å². The van der Waals surface area contributed by atoms with E-state index in [-0.39, 0.29) is 18.1 Å². The van der Waals surface area contributed by atoms with Gasteiger partial charge < -0.3 is 14.6 Å². The molecule has 0 saturated heterocycles. The van der Waals surface area contributed by atoms with Crippen LogP contribution in [0.5, 0.6) is 5.75 Å². The summed E-state index contributed by atoms with van der Waals surface area (Å²) in [5.41, 5.74) is 0.390. The number of anilines is 1.